The van der Waals surface area contributed by atoms with Gasteiger partial charge in [-0.15, -0.1) is 0 Å². The van der Waals surface area contributed by atoms with Gasteiger partial charge < -0.3 is 5.48 Å². The summed E-state index contributed by atoms with van der Waals surface area (Å²) in [4.78, 5) is 20.4. The maximum absolute atomic E-state index is 10.2. The summed E-state index contributed by atoms with van der Waals surface area (Å²) >= 11 is -2.18. The van der Waals surface area contributed by atoms with E-state index in [9.17, 15) is 9.59 Å². The second-order valence-electron chi connectivity index (χ2n) is 1.35. The predicted molar refractivity (Wildman–Crippen MR) is 35.7 cm³/mol. The van der Waals surface area contributed by atoms with Crippen LogP contribution in [0.15, 0.2) is 0 Å². The Balaban J connectivity index is 0. The van der Waals surface area contributed by atoms with Gasteiger partial charge >= 0.3 is 75.5 Å². The van der Waals surface area contributed by atoms with E-state index in [1.165, 1.54) is 0 Å². The monoisotopic (exact) mass is 376 g/mol. The first-order valence-electron chi connectivity index (χ1n) is 2.56. The Morgan fingerprint density at radius 2 is 1.42 bits per heavy atom. The number of hydrogen-bond donors (Lipinski definition) is 2. The first kappa shape index (κ1) is 14.3. The predicted octanol–water partition coefficient (Wildman–Crippen LogP) is -3.23. The van der Waals surface area contributed by atoms with Gasteiger partial charge in [-0.05, 0) is 0 Å². The Morgan fingerprint density at radius 1 is 1.08 bits per heavy atom. The normalized spacial score (nSPS) is 8.17. The van der Waals surface area contributed by atoms with Crippen molar-refractivity contribution >= 4 is 37.1 Å². The summed E-state index contributed by atoms with van der Waals surface area (Å²) in [5, 5.41) is 16.2. The third-order valence-electron chi connectivity index (χ3n) is 0.569. The fourth-order valence-corrected chi connectivity index (χ4v) is 1.56. The van der Waals surface area contributed by atoms with E-state index >= 15 is 0 Å². The van der Waals surface area contributed by atoms with Gasteiger partial charge in [0.25, 0.3) is 0 Å². The van der Waals surface area contributed by atoms with Crippen LogP contribution in [0.4, 0.5) is 0 Å². The maximum atomic E-state index is 10.2. The average Bonchev–Trinajstić information content (AvgIpc) is 2.04. The molecule has 0 amide bonds. The number of carbonyl (C=O) groups is 2. The van der Waals surface area contributed by atoms with Gasteiger partial charge in [-0.1, -0.05) is 0 Å². The first-order valence-corrected chi connectivity index (χ1v) is 5.74. The Labute approximate surface area is 81.1 Å². The van der Waals surface area contributed by atoms with Gasteiger partial charge in [-0.2, -0.15) is 0 Å². The van der Waals surface area contributed by atoms with Gasteiger partial charge in [0.1, 0.15) is 0 Å². The number of carbonyl (C=O) groups excluding carboxylic acids is 2. The summed E-state index contributed by atoms with van der Waals surface area (Å²) < 4.78 is 8.63. The van der Waals surface area contributed by atoms with E-state index in [4.69, 9.17) is 10.2 Å². The third kappa shape index (κ3) is 7.84. The van der Waals surface area contributed by atoms with E-state index in [1.54, 1.807) is 0 Å². The van der Waals surface area contributed by atoms with Crippen LogP contribution in [0.1, 0.15) is 0 Å². The minimum absolute atomic E-state index is 0. The first-order chi connectivity index (χ1) is 5.20. The van der Waals surface area contributed by atoms with E-state index in [0.717, 1.165) is 0 Å². The van der Waals surface area contributed by atoms with E-state index in [1.807, 2.05) is 0 Å². The summed E-state index contributed by atoms with van der Waals surface area (Å²) in [7, 11) is 0. The molecular formula is C4H8O7Pb. The van der Waals surface area contributed by atoms with E-state index in [-0.39, 0.29) is 5.48 Å². The van der Waals surface area contributed by atoms with E-state index < -0.39 is 50.3 Å². The quantitative estimate of drug-likeness (QED) is 0.498. The van der Waals surface area contributed by atoms with Crippen LogP contribution in [-0.2, 0) is 15.0 Å². The molecule has 0 spiro atoms. The molecule has 0 heterocycles. The van der Waals surface area contributed by atoms with Crippen LogP contribution in [0.2, 0.25) is 0 Å². The molecule has 0 fully saturated rings. The summed E-state index contributed by atoms with van der Waals surface area (Å²) in [5.74, 6) is -1.61. The molecule has 4 N–H and O–H groups in total. The van der Waals surface area contributed by atoms with Crippen LogP contribution in [0.3, 0.4) is 0 Å². The minimum atomic E-state index is -2.18. The molecule has 7 nitrogen and oxygen atoms in total. The molecule has 0 aromatic rings. The molecule has 0 unspecified atom stereocenters. The molecule has 0 atom stereocenters. The van der Waals surface area contributed by atoms with Crippen LogP contribution in [0.25, 0.3) is 0 Å². The zero-order chi connectivity index (χ0) is 8.69. The average molecular weight is 375 g/mol. The van der Waals surface area contributed by atoms with Crippen LogP contribution >= 0.6 is 0 Å². The molecule has 2 radical (unpaired) electrons. The molecule has 70 valence electrons. The van der Waals surface area contributed by atoms with Crippen molar-refractivity contribution < 1.29 is 30.7 Å². The van der Waals surface area contributed by atoms with E-state index in [0.29, 0.717) is 0 Å². The Bertz CT molecular complexity index is 130. The van der Waals surface area contributed by atoms with Crippen molar-refractivity contribution in [2.24, 2.45) is 0 Å². The molecule has 0 saturated carbocycles. The van der Waals surface area contributed by atoms with Gasteiger partial charge in [0.05, 0.1) is 0 Å². The molecule has 0 aliphatic carbocycles. The topological polar surface area (TPSA) is 125 Å². The Kier molecular flexibility index (Phi) is 10.5. The van der Waals surface area contributed by atoms with Gasteiger partial charge in [0.15, 0.2) is 0 Å². The number of rotatable bonds is 4. The van der Waals surface area contributed by atoms with Gasteiger partial charge in [-0.25, -0.2) is 0 Å². The summed E-state index contributed by atoms with van der Waals surface area (Å²) in [6.45, 7) is -1.44. The van der Waals surface area contributed by atoms with Crippen LogP contribution in [0.5, 0.6) is 0 Å². The summed E-state index contributed by atoms with van der Waals surface area (Å²) in [5.41, 5.74) is 0. The number of aliphatic hydroxyl groups excluding tert-OH is 2. The van der Waals surface area contributed by atoms with Gasteiger partial charge in [0, 0.05) is 0 Å². The van der Waals surface area contributed by atoms with Crippen LogP contribution < -0.4 is 0 Å². The van der Waals surface area contributed by atoms with Crippen molar-refractivity contribution in [2.75, 3.05) is 13.2 Å². The molecule has 0 rings (SSSR count). The molecule has 8 heteroatoms. The van der Waals surface area contributed by atoms with Crippen molar-refractivity contribution in [3.63, 3.8) is 0 Å². The second-order valence-corrected chi connectivity index (χ2v) is 3.58. The van der Waals surface area contributed by atoms with Gasteiger partial charge in [0.2, 0.25) is 0 Å². The summed E-state index contributed by atoms with van der Waals surface area (Å²) in [6, 6.07) is 0. The SMILES string of the molecule is O.O=C(CO)[O][Pb][O]C(=O)CO. The molecule has 0 aromatic carbocycles. The van der Waals surface area contributed by atoms with Crippen molar-refractivity contribution in [2.45, 2.75) is 0 Å². The molecule has 0 aliphatic rings. The zero-order valence-corrected chi connectivity index (χ0v) is 9.83. The van der Waals surface area contributed by atoms with Crippen molar-refractivity contribution in [3.8, 4) is 0 Å². The Hall–Kier alpha value is -0.258. The second kappa shape index (κ2) is 8.84. The van der Waals surface area contributed by atoms with E-state index in [2.05, 4.69) is 5.37 Å². The Morgan fingerprint density at radius 3 is 1.67 bits per heavy atom. The molecule has 12 heavy (non-hydrogen) atoms. The van der Waals surface area contributed by atoms with Gasteiger partial charge in [-0.3, -0.25) is 0 Å². The number of hydrogen-bond acceptors (Lipinski definition) is 6. The molecule has 0 saturated heterocycles. The third-order valence-corrected chi connectivity index (χ3v) is 2.99. The standard InChI is InChI=1S/2C2H4O3.H2O.Pb/c2*3-1-2(4)5;;/h2*3H,1H2,(H,4,5);1H2;/q;;;+2/p-2. The molecule has 0 bridgehead atoms. The summed E-state index contributed by atoms with van der Waals surface area (Å²) in [6.07, 6.45) is 0. The number of aliphatic hydroxyl groups is 2. The fourth-order valence-electron chi connectivity index (χ4n) is 0.178. The fraction of sp³-hybridized carbons (Fsp3) is 0.500. The van der Waals surface area contributed by atoms with Crippen molar-refractivity contribution in [3.05, 3.63) is 0 Å². The molecule has 0 aromatic heterocycles. The zero-order valence-electron chi connectivity index (χ0n) is 5.94. The molecular weight excluding hydrogens is 367 g/mol. The van der Waals surface area contributed by atoms with Crippen LogP contribution in [0, 0.1) is 0 Å². The van der Waals surface area contributed by atoms with Crippen molar-refractivity contribution in [1.29, 1.82) is 0 Å². The van der Waals surface area contributed by atoms with Crippen LogP contribution in [-0.4, -0.2) is 66.0 Å². The molecule has 0 aliphatic heterocycles. The van der Waals surface area contributed by atoms with Crippen molar-refractivity contribution in [1.82, 2.24) is 0 Å².